The lowest BCUT2D eigenvalue weighted by Gasteiger charge is -2.10. The monoisotopic (exact) mass is 280 g/mol. The molecule has 19 heavy (non-hydrogen) atoms. The fourth-order valence-electron chi connectivity index (χ4n) is 1.89. The number of methoxy groups -OCH3 is 1. The maximum Gasteiger partial charge on any atom is 0.121 e. The van der Waals surface area contributed by atoms with Crippen molar-refractivity contribution in [3.8, 4) is 11.4 Å². The van der Waals surface area contributed by atoms with Crippen molar-refractivity contribution in [1.29, 1.82) is 0 Å². The Labute approximate surface area is 117 Å². The molecule has 0 aliphatic heterocycles. The van der Waals surface area contributed by atoms with Crippen molar-refractivity contribution in [3.63, 3.8) is 0 Å². The predicted octanol–water partition coefficient (Wildman–Crippen LogP) is 2.52. The summed E-state index contributed by atoms with van der Waals surface area (Å²) in [6.45, 7) is 4.01. The predicted molar refractivity (Wildman–Crippen MR) is 75.1 cm³/mol. The van der Waals surface area contributed by atoms with Gasteiger partial charge >= 0.3 is 0 Å². The lowest BCUT2D eigenvalue weighted by molar-refractivity contribution is 0.414. The molecule has 1 N–H and O–H groups in total. The second kappa shape index (κ2) is 5.59. The number of nitrogens with one attached hydrogen (secondary N) is 1. The maximum absolute atomic E-state index is 6.22. The van der Waals surface area contributed by atoms with Gasteiger partial charge in [-0.3, -0.25) is 0 Å². The molecule has 102 valence electrons. The Bertz CT molecular complexity index is 582. The molecule has 1 heterocycles. The largest absolute Gasteiger partial charge is 0.497 e. The highest BCUT2D eigenvalue weighted by Crippen LogP contribution is 2.27. The van der Waals surface area contributed by atoms with E-state index in [1.54, 1.807) is 17.9 Å². The van der Waals surface area contributed by atoms with E-state index in [1.165, 1.54) is 0 Å². The highest BCUT2D eigenvalue weighted by Gasteiger charge is 2.16. The van der Waals surface area contributed by atoms with Gasteiger partial charge in [0.05, 0.1) is 29.6 Å². The Morgan fingerprint density at radius 2 is 2.16 bits per heavy atom. The highest BCUT2D eigenvalue weighted by molar-refractivity contribution is 6.32. The molecule has 0 fully saturated rings. The number of ether oxygens (including phenoxy) is 1. The van der Waals surface area contributed by atoms with E-state index >= 15 is 0 Å². The Morgan fingerprint density at radius 3 is 2.79 bits per heavy atom. The van der Waals surface area contributed by atoms with Crippen LogP contribution in [-0.2, 0) is 0 Å². The molecular weight excluding hydrogens is 264 g/mol. The number of benzene rings is 1. The molecule has 1 aromatic heterocycles. The molecule has 0 radical (unpaired) electrons. The van der Waals surface area contributed by atoms with Crippen LogP contribution in [0.15, 0.2) is 18.2 Å². The van der Waals surface area contributed by atoms with E-state index in [4.69, 9.17) is 16.3 Å². The molecule has 1 unspecified atom stereocenters. The van der Waals surface area contributed by atoms with Crippen molar-refractivity contribution >= 4 is 11.6 Å². The minimum absolute atomic E-state index is 0.137. The Balaban J connectivity index is 2.50. The fourth-order valence-corrected chi connectivity index (χ4v) is 2.09. The van der Waals surface area contributed by atoms with Crippen molar-refractivity contribution in [2.24, 2.45) is 0 Å². The molecule has 2 rings (SSSR count). The zero-order valence-corrected chi connectivity index (χ0v) is 12.2. The number of hydrogen-bond donors (Lipinski definition) is 1. The average Bonchev–Trinajstić information content (AvgIpc) is 2.80. The van der Waals surface area contributed by atoms with Gasteiger partial charge in [-0.2, -0.15) is 0 Å². The van der Waals surface area contributed by atoms with Gasteiger partial charge < -0.3 is 10.1 Å². The average molecular weight is 281 g/mol. The number of nitrogens with zero attached hydrogens (tertiary/aromatic N) is 3. The summed E-state index contributed by atoms with van der Waals surface area (Å²) in [5, 5.41) is 12.1. The maximum atomic E-state index is 6.22. The summed E-state index contributed by atoms with van der Waals surface area (Å²) in [4.78, 5) is 0. The molecule has 5 nitrogen and oxygen atoms in total. The van der Waals surface area contributed by atoms with Crippen LogP contribution in [0.3, 0.4) is 0 Å². The van der Waals surface area contributed by atoms with Crippen LogP contribution in [0.2, 0.25) is 5.02 Å². The van der Waals surface area contributed by atoms with E-state index in [0.717, 1.165) is 22.8 Å². The normalized spacial score (nSPS) is 12.5. The lowest BCUT2D eigenvalue weighted by Crippen LogP contribution is -2.14. The van der Waals surface area contributed by atoms with E-state index in [2.05, 4.69) is 15.6 Å². The Hall–Kier alpha value is -1.59. The summed E-state index contributed by atoms with van der Waals surface area (Å²) >= 11 is 6.22. The first-order valence-electron chi connectivity index (χ1n) is 6.01. The minimum atomic E-state index is 0.137. The van der Waals surface area contributed by atoms with Crippen LogP contribution in [0.25, 0.3) is 5.69 Å². The first kappa shape index (κ1) is 13.8. The summed E-state index contributed by atoms with van der Waals surface area (Å²) < 4.78 is 6.94. The van der Waals surface area contributed by atoms with Crippen LogP contribution in [0.1, 0.15) is 24.4 Å². The quantitative estimate of drug-likeness (QED) is 0.935. The number of rotatable bonds is 4. The van der Waals surface area contributed by atoms with E-state index in [0.29, 0.717) is 5.02 Å². The van der Waals surface area contributed by atoms with Crippen LogP contribution in [0.5, 0.6) is 5.75 Å². The third-order valence-corrected chi connectivity index (χ3v) is 3.47. The second-order valence-corrected chi connectivity index (χ2v) is 4.71. The van der Waals surface area contributed by atoms with Gasteiger partial charge in [0.25, 0.3) is 0 Å². The number of hydrogen-bond acceptors (Lipinski definition) is 4. The molecular formula is C13H17ClN4O. The topological polar surface area (TPSA) is 52.0 Å². The fraction of sp³-hybridized carbons (Fsp3) is 0.385. The van der Waals surface area contributed by atoms with Gasteiger partial charge in [0.2, 0.25) is 0 Å². The molecule has 6 heteroatoms. The van der Waals surface area contributed by atoms with Crippen molar-refractivity contribution < 1.29 is 4.74 Å². The van der Waals surface area contributed by atoms with E-state index < -0.39 is 0 Å². The highest BCUT2D eigenvalue weighted by atomic mass is 35.5. The van der Waals surface area contributed by atoms with Crippen LogP contribution >= 0.6 is 11.6 Å². The molecule has 2 aromatic rings. The second-order valence-electron chi connectivity index (χ2n) is 4.30. The van der Waals surface area contributed by atoms with Crippen LogP contribution in [0, 0.1) is 6.92 Å². The molecule has 1 atom stereocenters. The van der Waals surface area contributed by atoms with Crippen molar-refractivity contribution in [2.75, 3.05) is 14.2 Å². The first-order chi connectivity index (χ1) is 9.08. The molecule has 0 saturated heterocycles. The third kappa shape index (κ3) is 2.57. The molecule has 0 amide bonds. The standard InChI is InChI=1S/C13H17ClN4O/c1-8(15-3)13-9(2)18(17-16-13)12-7-10(19-4)5-6-11(12)14/h5-8,15H,1-4H3. The molecule has 0 aliphatic rings. The molecule has 0 bridgehead atoms. The zero-order chi connectivity index (χ0) is 14.0. The van der Waals surface area contributed by atoms with E-state index in [9.17, 15) is 0 Å². The lowest BCUT2D eigenvalue weighted by atomic mass is 10.2. The third-order valence-electron chi connectivity index (χ3n) is 3.15. The first-order valence-corrected chi connectivity index (χ1v) is 6.39. The molecule has 1 aromatic carbocycles. The summed E-state index contributed by atoms with van der Waals surface area (Å²) in [5.74, 6) is 0.734. The van der Waals surface area contributed by atoms with Crippen molar-refractivity contribution in [3.05, 3.63) is 34.6 Å². The van der Waals surface area contributed by atoms with E-state index in [-0.39, 0.29) is 6.04 Å². The van der Waals surface area contributed by atoms with Gasteiger partial charge in [-0.15, -0.1) is 5.10 Å². The SMILES string of the molecule is CNC(C)c1nnn(-c2cc(OC)ccc2Cl)c1C. The molecule has 0 aliphatic carbocycles. The van der Waals surface area contributed by atoms with Gasteiger partial charge in [0.1, 0.15) is 11.4 Å². The van der Waals surface area contributed by atoms with Crippen LogP contribution in [0.4, 0.5) is 0 Å². The van der Waals surface area contributed by atoms with Crippen LogP contribution < -0.4 is 10.1 Å². The number of aromatic nitrogens is 3. The Morgan fingerprint density at radius 1 is 1.42 bits per heavy atom. The van der Waals surface area contributed by atoms with Crippen molar-refractivity contribution in [1.82, 2.24) is 20.3 Å². The molecule has 0 saturated carbocycles. The van der Waals surface area contributed by atoms with Gasteiger partial charge in [0, 0.05) is 6.07 Å². The van der Waals surface area contributed by atoms with Gasteiger partial charge in [0.15, 0.2) is 0 Å². The van der Waals surface area contributed by atoms with Gasteiger partial charge in [-0.25, -0.2) is 4.68 Å². The smallest absolute Gasteiger partial charge is 0.121 e. The summed E-state index contributed by atoms with van der Waals surface area (Å²) in [7, 11) is 3.51. The summed E-state index contributed by atoms with van der Waals surface area (Å²) in [5.41, 5.74) is 2.62. The van der Waals surface area contributed by atoms with Crippen molar-refractivity contribution in [2.45, 2.75) is 19.9 Å². The summed E-state index contributed by atoms with van der Waals surface area (Å²) in [6, 6.07) is 5.59. The van der Waals surface area contributed by atoms with Gasteiger partial charge in [-0.05, 0) is 33.0 Å². The van der Waals surface area contributed by atoms with Gasteiger partial charge in [-0.1, -0.05) is 16.8 Å². The van der Waals surface area contributed by atoms with E-state index in [1.807, 2.05) is 33.0 Å². The Kier molecular flexibility index (Phi) is 4.07. The molecule has 0 spiro atoms. The summed E-state index contributed by atoms with van der Waals surface area (Å²) in [6.07, 6.45) is 0. The van der Waals surface area contributed by atoms with Crippen LogP contribution in [-0.4, -0.2) is 29.2 Å². The number of halogens is 1. The minimum Gasteiger partial charge on any atom is -0.497 e. The zero-order valence-electron chi connectivity index (χ0n) is 11.4.